The predicted octanol–water partition coefficient (Wildman–Crippen LogP) is 0.288. The van der Waals surface area contributed by atoms with Crippen LogP contribution in [0.3, 0.4) is 0 Å². The SMILES string of the molecule is C#CCOCCOCCNC(=O)CCC(CCC(=O)NCCOCCOCC#C)(CCC(=O)NCCOCCOCC#C)NC(=O)C12C[C](C1)C2. The van der Waals surface area contributed by atoms with Crippen LogP contribution in [0.25, 0.3) is 0 Å². The zero-order valence-electron chi connectivity index (χ0n) is 29.8. The fraction of sp³-hybridized carbons (Fsp3) is 0.703. The Morgan fingerprint density at radius 1 is 0.549 bits per heavy atom. The van der Waals surface area contributed by atoms with E-state index in [1.807, 2.05) is 0 Å². The molecule has 2 bridgehead atoms. The van der Waals surface area contributed by atoms with Crippen molar-refractivity contribution >= 4 is 23.6 Å². The molecule has 3 fully saturated rings. The molecule has 283 valence electrons. The van der Waals surface area contributed by atoms with Crippen molar-refractivity contribution in [3.05, 3.63) is 5.92 Å². The molecule has 0 saturated heterocycles. The number of nitrogens with one attached hydrogen (secondary N) is 4. The summed E-state index contributed by atoms with van der Waals surface area (Å²) >= 11 is 0. The maximum atomic E-state index is 13.6. The normalized spacial score (nSPS) is 14.1. The van der Waals surface area contributed by atoms with Crippen LogP contribution < -0.4 is 21.3 Å². The summed E-state index contributed by atoms with van der Waals surface area (Å²) in [5.74, 6) is 7.70. The summed E-state index contributed by atoms with van der Waals surface area (Å²) in [5, 5.41) is 11.7. The zero-order chi connectivity index (χ0) is 37.0. The molecular formula is C37H55N4O10. The third kappa shape index (κ3) is 18.4. The number of terminal acetylenes is 3. The van der Waals surface area contributed by atoms with Crippen molar-refractivity contribution in [3.8, 4) is 37.0 Å². The van der Waals surface area contributed by atoms with Crippen molar-refractivity contribution in [2.24, 2.45) is 5.41 Å². The van der Waals surface area contributed by atoms with E-state index in [-0.39, 0.29) is 121 Å². The van der Waals surface area contributed by atoms with Gasteiger partial charge in [0, 0.05) is 44.4 Å². The van der Waals surface area contributed by atoms with Crippen LogP contribution in [0.1, 0.15) is 57.8 Å². The van der Waals surface area contributed by atoms with E-state index in [4.69, 9.17) is 47.7 Å². The van der Waals surface area contributed by atoms with Gasteiger partial charge in [-0.2, -0.15) is 0 Å². The molecule has 3 aliphatic rings. The van der Waals surface area contributed by atoms with Crippen molar-refractivity contribution in [2.45, 2.75) is 63.3 Å². The lowest BCUT2D eigenvalue weighted by Crippen LogP contribution is -2.63. The van der Waals surface area contributed by atoms with Gasteiger partial charge in [-0.15, -0.1) is 19.3 Å². The standard InChI is InChI=1S/C37H55N4O10/c1-4-16-46-22-25-49-19-13-38-32(42)7-10-37(41-35(45)36-28-31(29-36)30-36,11-8-33(43)39-14-20-50-26-23-47-17-5-2)12-9-34(44)40-15-21-51-27-24-48-18-6-3/h1-3H,7-30H2,(H,38,42)(H,39,43)(H,40,44)(H,41,45). The van der Waals surface area contributed by atoms with Crippen LogP contribution in [0.5, 0.6) is 0 Å². The molecule has 3 rings (SSSR count). The summed E-state index contributed by atoms with van der Waals surface area (Å²) in [6, 6.07) is 0. The van der Waals surface area contributed by atoms with Gasteiger partial charge in [0.2, 0.25) is 23.6 Å². The maximum absolute atomic E-state index is 13.6. The largest absolute Gasteiger partial charge is 0.377 e. The maximum Gasteiger partial charge on any atom is 0.226 e. The Hall–Kier alpha value is -3.68. The Bertz CT molecular complexity index is 1060. The first kappa shape index (κ1) is 43.5. The lowest BCUT2D eigenvalue weighted by atomic mass is 9.44. The lowest BCUT2D eigenvalue weighted by molar-refractivity contribution is -0.147. The van der Waals surface area contributed by atoms with E-state index in [1.165, 1.54) is 5.92 Å². The molecule has 14 heteroatoms. The highest BCUT2D eigenvalue weighted by Crippen LogP contribution is 2.66. The quantitative estimate of drug-likeness (QED) is 0.0561. The van der Waals surface area contributed by atoms with Gasteiger partial charge in [0.1, 0.15) is 19.8 Å². The summed E-state index contributed by atoms with van der Waals surface area (Å²) in [6.45, 7) is 4.45. The van der Waals surface area contributed by atoms with Crippen molar-refractivity contribution in [1.29, 1.82) is 0 Å². The molecule has 14 nitrogen and oxygen atoms in total. The van der Waals surface area contributed by atoms with E-state index < -0.39 is 11.0 Å². The molecule has 4 N–H and O–H groups in total. The van der Waals surface area contributed by atoms with E-state index >= 15 is 0 Å². The van der Waals surface area contributed by atoms with Crippen molar-refractivity contribution in [2.75, 3.05) is 98.9 Å². The Labute approximate surface area is 302 Å². The minimum atomic E-state index is -0.982. The highest BCUT2D eigenvalue weighted by Gasteiger charge is 2.62. The fourth-order valence-corrected chi connectivity index (χ4v) is 5.62. The first-order chi connectivity index (χ1) is 24.8. The molecule has 51 heavy (non-hydrogen) atoms. The van der Waals surface area contributed by atoms with Gasteiger partial charge in [-0.05, 0) is 44.4 Å². The highest BCUT2D eigenvalue weighted by atomic mass is 16.5. The summed E-state index contributed by atoms with van der Waals surface area (Å²) in [7, 11) is 0. The third-order valence-corrected chi connectivity index (χ3v) is 8.50. The van der Waals surface area contributed by atoms with Crippen LogP contribution in [0, 0.1) is 48.4 Å². The number of carbonyl (C=O) groups is 4. The van der Waals surface area contributed by atoms with Crippen molar-refractivity contribution in [3.63, 3.8) is 0 Å². The van der Waals surface area contributed by atoms with Gasteiger partial charge in [-0.1, -0.05) is 17.8 Å². The lowest BCUT2D eigenvalue weighted by Gasteiger charge is -2.60. The number of ether oxygens (including phenoxy) is 6. The summed E-state index contributed by atoms with van der Waals surface area (Å²) < 4.78 is 31.9. The predicted molar refractivity (Wildman–Crippen MR) is 189 cm³/mol. The third-order valence-electron chi connectivity index (χ3n) is 8.50. The van der Waals surface area contributed by atoms with Gasteiger partial charge in [0.25, 0.3) is 0 Å². The van der Waals surface area contributed by atoms with E-state index in [0.717, 1.165) is 19.3 Å². The molecule has 0 aliphatic heterocycles. The highest BCUT2D eigenvalue weighted by molar-refractivity contribution is 5.89. The first-order valence-electron chi connectivity index (χ1n) is 17.5. The van der Waals surface area contributed by atoms with Gasteiger partial charge >= 0.3 is 0 Å². The van der Waals surface area contributed by atoms with Crippen LogP contribution in [0.15, 0.2) is 0 Å². The van der Waals surface area contributed by atoms with Crippen molar-refractivity contribution in [1.82, 2.24) is 21.3 Å². The summed E-state index contributed by atoms with van der Waals surface area (Å²) in [5.41, 5.74) is -1.42. The molecule has 1 radical (unpaired) electrons. The fourth-order valence-electron chi connectivity index (χ4n) is 5.62. The van der Waals surface area contributed by atoms with Gasteiger partial charge in [0.05, 0.1) is 64.9 Å². The molecule has 0 atom stereocenters. The topological polar surface area (TPSA) is 172 Å². The monoisotopic (exact) mass is 715 g/mol. The molecule has 0 heterocycles. The smallest absolute Gasteiger partial charge is 0.226 e. The Morgan fingerprint density at radius 3 is 1.18 bits per heavy atom. The molecule has 3 aliphatic carbocycles. The van der Waals surface area contributed by atoms with E-state index in [0.29, 0.717) is 39.6 Å². The second kappa shape index (κ2) is 26.1. The molecule has 3 saturated carbocycles. The van der Waals surface area contributed by atoms with E-state index in [9.17, 15) is 19.2 Å². The average Bonchev–Trinajstić information content (AvgIpc) is 3.07. The van der Waals surface area contributed by atoms with Gasteiger partial charge in [-0.25, -0.2) is 0 Å². The number of amides is 4. The first-order valence-corrected chi connectivity index (χ1v) is 17.5. The van der Waals surface area contributed by atoms with Gasteiger partial charge in [-0.3, -0.25) is 19.2 Å². The van der Waals surface area contributed by atoms with Crippen LogP contribution in [0.2, 0.25) is 0 Å². The van der Waals surface area contributed by atoms with Gasteiger partial charge in [0.15, 0.2) is 0 Å². The van der Waals surface area contributed by atoms with Crippen LogP contribution in [-0.4, -0.2) is 128 Å². The minimum Gasteiger partial charge on any atom is -0.377 e. The second-order valence-electron chi connectivity index (χ2n) is 12.5. The zero-order valence-corrected chi connectivity index (χ0v) is 29.8. The average molecular weight is 716 g/mol. The second-order valence-corrected chi connectivity index (χ2v) is 12.5. The number of hydrogen-bond acceptors (Lipinski definition) is 10. The molecule has 0 spiro atoms. The number of carbonyl (C=O) groups excluding carboxylic acids is 4. The molecule has 0 aromatic heterocycles. The number of hydrogen-bond donors (Lipinski definition) is 4. The Balaban J connectivity index is 1.96. The Kier molecular flexibility index (Phi) is 22.3. The van der Waals surface area contributed by atoms with Crippen LogP contribution in [-0.2, 0) is 47.6 Å². The Morgan fingerprint density at radius 2 is 0.882 bits per heavy atom. The number of rotatable bonds is 32. The van der Waals surface area contributed by atoms with Gasteiger partial charge < -0.3 is 49.7 Å². The van der Waals surface area contributed by atoms with E-state index in [1.54, 1.807) is 0 Å². The minimum absolute atomic E-state index is 0.0738. The summed E-state index contributed by atoms with van der Waals surface area (Å²) in [4.78, 5) is 52.4. The van der Waals surface area contributed by atoms with E-state index in [2.05, 4.69) is 39.0 Å². The van der Waals surface area contributed by atoms with Crippen LogP contribution in [0.4, 0.5) is 0 Å². The molecule has 0 aromatic carbocycles. The molecule has 0 aromatic rings. The molecule has 4 amide bonds. The van der Waals surface area contributed by atoms with Crippen molar-refractivity contribution < 1.29 is 47.6 Å². The van der Waals surface area contributed by atoms with Crippen LogP contribution >= 0.6 is 0 Å². The summed E-state index contributed by atoms with van der Waals surface area (Å²) in [6.07, 6.45) is 18.6. The molecule has 0 unspecified atom stereocenters. The molecular weight excluding hydrogens is 660 g/mol.